The first-order chi connectivity index (χ1) is 15.2. The van der Waals surface area contributed by atoms with E-state index in [-0.39, 0.29) is 23.0 Å². The van der Waals surface area contributed by atoms with Gasteiger partial charge in [-0.3, -0.25) is 9.52 Å². The molecule has 0 aliphatic heterocycles. The lowest BCUT2D eigenvalue weighted by Gasteiger charge is -2.10. The molecule has 0 bridgehead atoms. The van der Waals surface area contributed by atoms with Crippen LogP contribution in [0.3, 0.4) is 0 Å². The maximum absolute atomic E-state index is 12.6. The normalized spacial score (nSPS) is 11.5. The zero-order valence-corrected chi connectivity index (χ0v) is 18.7. The number of carbonyl (C=O) groups is 1. The highest BCUT2D eigenvalue weighted by atomic mass is 32.2. The molecule has 0 aliphatic rings. The number of carbonyl (C=O) groups excluding carboxylic acids is 1. The zero-order chi connectivity index (χ0) is 22.9. The van der Waals surface area contributed by atoms with Gasteiger partial charge in [-0.15, -0.1) is 0 Å². The van der Waals surface area contributed by atoms with Gasteiger partial charge >= 0.3 is 0 Å². The molecular weight excluding hydrogens is 428 g/mol. The topological polar surface area (TPSA) is 114 Å². The molecule has 4 aromatic rings. The molecular formula is C23H22N4O4S. The number of hydrogen-bond acceptors (Lipinski definition) is 6. The largest absolute Gasteiger partial charge is 0.464 e. The van der Waals surface area contributed by atoms with Crippen molar-refractivity contribution in [3.8, 4) is 0 Å². The molecule has 0 saturated heterocycles. The van der Waals surface area contributed by atoms with E-state index in [1.54, 1.807) is 38.3 Å². The molecule has 4 rings (SSSR count). The fourth-order valence-electron chi connectivity index (χ4n) is 3.39. The highest BCUT2D eigenvalue weighted by Crippen LogP contribution is 2.23. The van der Waals surface area contributed by atoms with Crippen molar-refractivity contribution in [1.29, 1.82) is 0 Å². The van der Waals surface area contributed by atoms with Gasteiger partial charge in [-0.2, -0.15) is 0 Å². The van der Waals surface area contributed by atoms with Gasteiger partial charge in [-0.1, -0.05) is 12.1 Å². The summed E-state index contributed by atoms with van der Waals surface area (Å²) in [7, 11) is -3.83. The quantitative estimate of drug-likeness (QED) is 0.457. The Morgan fingerprint density at radius 1 is 1.00 bits per heavy atom. The van der Waals surface area contributed by atoms with E-state index in [0.717, 1.165) is 22.1 Å². The number of nitrogens with one attached hydrogen (secondary N) is 2. The minimum atomic E-state index is -3.83. The number of fused-ring (bicyclic) bond motifs is 1. The van der Waals surface area contributed by atoms with Crippen molar-refractivity contribution in [3.05, 3.63) is 77.4 Å². The number of anilines is 2. The minimum Gasteiger partial charge on any atom is -0.464 e. The van der Waals surface area contributed by atoms with Gasteiger partial charge in [0.05, 0.1) is 17.6 Å². The molecule has 1 amide bonds. The van der Waals surface area contributed by atoms with Crippen LogP contribution in [0.4, 0.5) is 11.5 Å². The third-order valence-electron chi connectivity index (χ3n) is 4.82. The molecule has 8 nitrogen and oxygen atoms in total. The lowest BCUT2D eigenvalue weighted by molar-refractivity contribution is -0.115. The van der Waals surface area contributed by atoms with E-state index in [1.165, 1.54) is 12.1 Å². The van der Waals surface area contributed by atoms with Gasteiger partial charge in [0.1, 0.15) is 17.2 Å². The first kappa shape index (κ1) is 21.5. The maximum Gasteiger partial charge on any atom is 0.263 e. The Hall–Kier alpha value is -3.72. The second kappa shape index (κ2) is 8.43. The lowest BCUT2D eigenvalue weighted by atomic mass is 10.1. The van der Waals surface area contributed by atoms with Crippen LogP contribution in [-0.4, -0.2) is 24.3 Å². The molecule has 0 atom stereocenters. The number of sulfonamides is 1. The number of benzene rings is 2. The fourth-order valence-corrected chi connectivity index (χ4v) is 4.38. The van der Waals surface area contributed by atoms with Crippen LogP contribution in [0.1, 0.15) is 22.6 Å². The lowest BCUT2D eigenvalue weighted by Crippen LogP contribution is -2.16. The average Bonchev–Trinajstić information content (AvgIpc) is 3.08. The van der Waals surface area contributed by atoms with Gasteiger partial charge in [0.15, 0.2) is 0 Å². The monoisotopic (exact) mass is 450 g/mol. The minimum absolute atomic E-state index is 0.0561. The molecule has 0 aliphatic carbocycles. The van der Waals surface area contributed by atoms with Crippen LogP contribution in [0.15, 0.2) is 64.1 Å². The molecule has 2 heterocycles. The van der Waals surface area contributed by atoms with E-state index in [4.69, 9.17) is 4.42 Å². The number of nitrogens with zero attached hydrogens (tertiary/aromatic N) is 2. The van der Waals surface area contributed by atoms with Crippen LogP contribution >= 0.6 is 0 Å². The van der Waals surface area contributed by atoms with Gasteiger partial charge in [-0.25, -0.2) is 18.4 Å². The predicted molar refractivity (Wildman–Crippen MR) is 122 cm³/mol. The van der Waals surface area contributed by atoms with Gasteiger partial charge in [-0.05, 0) is 56.7 Å². The van der Waals surface area contributed by atoms with Crippen molar-refractivity contribution in [2.75, 3.05) is 10.0 Å². The summed E-state index contributed by atoms with van der Waals surface area (Å²) < 4.78 is 33.3. The SMILES string of the molecule is Cc1ccc2c(CC(=O)Nc3ccc(S(=O)(=O)Nc4cc(C)nc(C)n4)cc3)coc2c1. The van der Waals surface area contributed by atoms with Crippen LogP contribution in [0.25, 0.3) is 11.0 Å². The molecule has 0 unspecified atom stereocenters. The molecule has 2 aromatic heterocycles. The van der Waals surface area contributed by atoms with Crippen LogP contribution in [-0.2, 0) is 21.2 Å². The van der Waals surface area contributed by atoms with Crippen molar-refractivity contribution in [2.45, 2.75) is 32.1 Å². The molecule has 0 fully saturated rings. The van der Waals surface area contributed by atoms with Crippen molar-refractivity contribution < 1.29 is 17.6 Å². The molecule has 0 saturated carbocycles. The van der Waals surface area contributed by atoms with Gasteiger partial charge in [0.25, 0.3) is 10.0 Å². The number of amides is 1. The Bertz CT molecular complexity index is 1390. The summed E-state index contributed by atoms with van der Waals surface area (Å²) in [6.07, 6.45) is 1.73. The Morgan fingerprint density at radius 2 is 1.75 bits per heavy atom. The number of hydrogen-bond donors (Lipinski definition) is 2. The molecule has 0 spiro atoms. The Morgan fingerprint density at radius 3 is 2.47 bits per heavy atom. The van der Waals surface area contributed by atoms with Crippen molar-refractivity contribution >= 4 is 38.4 Å². The Labute approximate surface area is 185 Å². The summed E-state index contributed by atoms with van der Waals surface area (Å²) in [5.41, 5.74) is 3.76. The van der Waals surface area contributed by atoms with Crippen LogP contribution in [0.5, 0.6) is 0 Å². The molecule has 164 valence electrons. The van der Waals surface area contributed by atoms with Crippen molar-refractivity contribution in [2.24, 2.45) is 0 Å². The second-order valence-corrected chi connectivity index (χ2v) is 9.24. The Kier molecular flexibility index (Phi) is 5.67. The first-order valence-electron chi connectivity index (χ1n) is 9.91. The van der Waals surface area contributed by atoms with Gasteiger partial charge < -0.3 is 9.73 Å². The summed E-state index contributed by atoms with van der Waals surface area (Å²) in [6, 6.07) is 13.3. The maximum atomic E-state index is 12.6. The van der Waals surface area contributed by atoms with Gasteiger partial charge in [0.2, 0.25) is 5.91 Å². The highest BCUT2D eigenvalue weighted by Gasteiger charge is 2.16. The first-order valence-corrected chi connectivity index (χ1v) is 11.4. The van der Waals surface area contributed by atoms with Crippen LogP contribution in [0.2, 0.25) is 0 Å². The molecule has 0 radical (unpaired) electrons. The van der Waals surface area contributed by atoms with E-state index >= 15 is 0 Å². The van der Waals surface area contributed by atoms with E-state index in [9.17, 15) is 13.2 Å². The number of aromatic nitrogens is 2. The number of aryl methyl sites for hydroxylation is 3. The standard InChI is InChI=1S/C23H22N4O4S/c1-14-4-9-20-17(13-31-21(20)10-14)12-23(28)26-18-5-7-19(8-6-18)32(29,30)27-22-11-15(2)24-16(3)25-22/h4-11,13H,12H2,1-3H3,(H,26,28)(H,24,25,27). The second-order valence-electron chi connectivity index (χ2n) is 7.56. The summed E-state index contributed by atoms with van der Waals surface area (Å²) in [4.78, 5) is 20.8. The highest BCUT2D eigenvalue weighted by molar-refractivity contribution is 7.92. The third kappa shape index (κ3) is 4.78. The molecule has 9 heteroatoms. The van der Waals surface area contributed by atoms with Crippen LogP contribution < -0.4 is 10.0 Å². The van der Waals surface area contributed by atoms with Gasteiger partial charge in [0, 0.05) is 28.4 Å². The predicted octanol–water partition coefficient (Wildman–Crippen LogP) is 4.13. The zero-order valence-electron chi connectivity index (χ0n) is 17.8. The summed E-state index contributed by atoms with van der Waals surface area (Å²) in [5.74, 6) is 0.449. The Balaban J connectivity index is 1.44. The number of furan rings is 1. The van der Waals surface area contributed by atoms with E-state index in [2.05, 4.69) is 20.0 Å². The fraction of sp³-hybridized carbons (Fsp3) is 0.174. The summed E-state index contributed by atoms with van der Waals surface area (Å²) in [6.45, 7) is 5.43. The molecule has 2 N–H and O–H groups in total. The smallest absolute Gasteiger partial charge is 0.263 e. The van der Waals surface area contributed by atoms with E-state index in [0.29, 0.717) is 17.2 Å². The third-order valence-corrected chi connectivity index (χ3v) is 6.19. The summed E-state index contributed by atoms with van der Waals surface area (Å²) >= 11 is 0. The average molecular weight is 451 g/mol. The molecule has 32 heavy (non-hydrogen) atoms. The molecule has 2 aromatic carbocycles. The van der Waals surface area contributed by atoms with E-state index in [1.807, 2.05) is 25.1 Å². The van der Waals surface area contributed by atoms with Crippen LogP contribution in [0, 0.1) is 20.8 Å². The van der Waals surface area contributed by atoms with E-state index < -0.39 is 10.0 Å². The van der Waals surface area contributed by atoms with Crippen molar-refractivity contribution in [3.63, 3.8) is 0 Å². The van der Waals surface area contributed by atoms with Crippen molar-refractivity contribution in [1.82, 2.24) is 9.97 Å². The number of rotatable bonds is 6. The summed E-state index contributed by atoms with van der Waals surface area (Å²) in [5, 5.41) is 3.68.